The fourth-order valence-electron chi connectivity index (χ4n) is 6.18. The Morgan fingerprint density at radius 2 is 0.892 bits per heavy atom. The number of ether oxygens (including phenoxy) is 3. The molecule has 0 spiro atoms. The van der Waals surface area contributed by atoms with Gasteiger partial charge < -0.3 is 14.2 Å². The summed E-state index contributed by atoms with van der Waals surface area (Å²) in [6, 6.07) is 19.8. The molecule has 0 bridgehead atoms. The molecule has 37 heavy (non-hydrogen) atoms. The third-order valence-corrected chi connectivity index (χ3v) is 13.5. The quantitative estimate of drug-likeness (QED) is 0.289. The topological polar surface area (TPSA) is 27.7 Å². The average molecular weight is 513 g/mol. The van der Waals surface area contributed by atoms with E-state index >= 15 is 0 Å². The minimum absolute atomic E-state index is 0.271. The first-order valence-corrected chi connectivity index (χ1v) is 15.0. The molecule has 3 aromatic rings. The molecule has 0 saturated heterocycles. The van der Waals surface area contributed by atoms with Crippen LogP contribution in [-0.4, -0.2) is 29.4 Å². The fourth-order valence-corrected chi connectivity index (χ4v) is 12.5. The van der Waals surface area contributed by atoms with Gasteiger partial charge in [-0.15, -0.1) is 0 Å². The maximum absolute atomic E-state index is 6.16. The molecule has 0 radical (unpaired) electrons. The Kier molecular flexibility index (Phi) is 7.43. The summed E-state index contributed by atoms with van der Waals surface area (Å²) in [7, 11) is 2.31. The molecule has 1 aliphatic rings. The molecule has 0 heterocycles. The van der Waals surface area contributed by atoms with Crippen molar-refractivity contribution in [2.45, 2.75) is 48.5 Å². The predicted octanol–water partition coefficient (Wildman–Crippen LogP) is 5.95. The van der Waals surface area contributed by atoms with E-state index in [9.17, 15) is 0 Å². The van der Waals surface area contributed by atoms with E-state index in [1.54, 1.807) is 21.3 Å². The summed E-state index contributed by atoms with van der Waals surface area (Å²) in [6.07, 6.45) is 0. The first kappa shape index (κ1) is 26.8. The van der Waals surface area contributed by atoms with Crippen molar-refractivity contribution in [3.8, 4) is 17.2 Å². The third-order valence-electron chi connectivity index (χ3n) is 8.32. The molecule has 3 aromatic carbocycles. The molecule has 0 aliphatic heterocycles. The van der Waals surface area contributed by atoms with Gasteiger partial charge in [-0.05, 0) is 86.8 Å². The molecule has 1 atom stereocenters. The highest BCUT2D eigenvalue weighted by atomic mass is 28.3. The maximum Gasteiger partial charge on any atom is 0.189 e. The summed E-state index contributed by atoms with van der Waals surface area (Å²) in [5.41, 5.74) is 7.79. The molecule has 3 nitrogen and oxygen atoms in total. The average Bonchev–Trinajstić information content (AvgIpc) is 3.08. The van der Waals surface area contributed by atoms with Gasteiger partial charge in [-0.3, -0.25) is 0 Å². The molecular weight excluding hydrogens is 472 g/mol. The van der Waals surface area contributed by atoms with Gasteiger partial charge in [-0.1, -0.05) is 76.4 Å². The first-order valence-electron chi connectivity index (χ1n) is 13.0. The standard InChI is InChI=1S/C33H40O3Si/c1-20-11-14-27(34-8)30(17-20)37(31-18-21(2)12-15-28(31)35-9,32-19-22(3)13-16-29(32)36-10)33-25(6)23(4)24(5)26(33)7/h11-19,25H,1-10H3. The minimum atomic E-state index is -3.03. The largest absolute Gasteiger partial charge is 0.497 e. The van der Waals surface area contributed by atoms with Crippen LogP contribution in [0, 0.1) is 26.7 Å². The van der Waals surface area contributed by atoms with Crippen molar-refractivity contribution >= 4 is 23.6 Å². The Labute approximate surface area is 223 Å². The molecule has 194 valence electrons. The molecule has 4 heteroatoms. The molecular formula is C33H40O3Si. The van der Waals surface area contributed by atoms with E-state index in [2.05, 4.69) is 103 Å². The van der Waals surface area contributed by atoms with Crippen molar-refractivity contribution in [2.75, 3.05) is 21.3 Å². The van der Waals surface area contributed by atoms with Crippen LogP contribution in [0.15, 0.2) is 76.5 Å². The SMILES string of the molecule is COc1ccc(C)cc1[Si](C1=C(C)C(C)=C(C)C1C)(c1cc(C)ccc1OC)c1cc(C)ccc1OC. The molecule has 0 fully saturated rings. The number of aryl methyl sites for hydroxylation is 3. The van der Waals surface area contributed by atoms with Crippen LogP contribution in [0.3, 0.4) is 0 Å². The second-order valence-electron chi connectivity index (χ2n) is 10.4. The number of allylic oxidation sites excluding steroid dienone is 4. The summed E-state index contributed by atoms with van der Waals surface area (Å²) >= 11 is 0. The van der Waals surface area contributed by atoms with Crippen LogP contribution in [0.25, 0.3) is 0 Å². The van der Waals surface area contributed by atoms with E-state index in [1.165, 1.54) is 54.2 Å². The van der Waals surface area contributed by atoms with Gasteiger partial charge in [0.05, 0.1) is 21.3 Å². The zero-order valence-electron chi connectivity index (χ0n) is 24.0. The number of hydrogen-bond acceptors (Lipinski definition) is 3. The molecule has 0 saturated carbocycles. The maximum atomic E-state index is 6.16. The molecule has 1 aliphatic carbocycles. The van der Waals surface area contributed by atoms with E-state index < -0.39 is 8.07 Å². The predicted molar refractivity (Wildman–Crippen MR) is 158 cm³/mol. The Morgan fingerprint density at radius 1 is 0.541 bits per heavy atom. The molecule has 1 unspecified atom stereocenters. The van der Waals surface area contributed by atoms with Crippen LogP contribution in [0.1, 0.15) is 44.4 Å². The van der Waals surface area contributed by atoms with Crippen molar-refractivity contribution in [3.63, 3.8) is 0 Å². The molecule has 0 amide bonds. The third kappa shape index (κ3) is 4.21. The zero-order valence-corrected chi connectivity index (χ0v) is 25.0. The molecule has 4 rings (SSSR count). The fraction of sp³-hybridized carbons (Fsp3) is 0.333. The van der Waals surface area contributed by atoms with Gasteiger partial charge in [0.25, 0.3) is 0 Å². The number of rotatable bonds is 7. The zero-order chi connectivity index (χ0) is 27.1. The normalized spacial score (nSPS) is 15.9. The van der Waals surface area contributed by atoms with Gasteiger partial charge in [0.15, 0.2) is 8.07 Å². The van der Waals surface area contributed by atoms with Gasteiger partial charge in [0, 0.05) is 0 Å². The second kappa shape index (κ2) is 10.3. The minimum Gasteiger partial charge on any atom is -0.497 e. The summed E-state index contributed by atoms with van der Waals surface area (Å²) in [4.78, 5) is 0. The van der Waals surface area contributed by atoms with Gasteiger partial charge in [0.1, 0.15) is 17.2 Å². The summed E-state index contributed by atoms with van der Waals surface area (Å²) in [5, 5.41) is 5.16. The second-order valence-corrected chi connectivity index (χ2v) is 14.1. The highest BCUT2D eigenvalue weighted by Gasteiger charge is 2.52. The van der Waals surface area contributed by atoms with Crippen LogP contribution < -0.4 is 29.8 Å². The lowest BCUT2D eigenvalue weighted by molar-refractivity contribution is 0.415. The van der Waals surface area contributed by atoms with Gasteiger partial charge in [0.2, 0.25) is 0 Å². The number of methoxy groups -OCH3 is 3. The van der Waals surface area contributed by atoms with E-state index in [1.807, 2.05) is 0 Å². The molecule has 0 N–H and O–H groups in total. The van der Waals surface area contributed by atoms with Crippen molar-refractivity contribution in [1.29, 1.82) is 0 Å². The van der Waals surface area contributed by atoms with Crippen molar-refractivity contribution in [2.24, 2.45) is 5.92 Å². The van der Waals surface area contributed by atoms with Crippen LogP contribution in [0.2, 0.25) is 0 Å². The first-order chi connectivity index (χ1) is 17.6. The van der Waals surface area contributed by atoms with Crippen LogP contribution >= 0.6 is 0 Å². The van der Waals surface area contributed by atoms with E-state index in [4.69, 9.17) is 14.2 Å². The van der Waals surface area contributed by atoms with E-state index in [0.717, 1.165) is 17.2 Å². The van der Waals surface area contributed by atoms with E-state index in [0.29, 0.717) is 0 Å². The Bertz CT molecular complexity index is 1280. The van der Waals surface area contributed by atoms with Crippen molar-refractivity contribution in [3.05, 3.63) is 93.2 Å². The lowest BCUT2D eigenvalue weighted by Crippen LogP contribution is -2.70. The Morgan fingerprint density at radius 3 is 1.16 bits per heavy atom. The lowest BCUT2D eigenvalue weighted by Gasteiger charge is -2.40. The van der Waals surface area contributed by atoms with Gasteiger partial charge in [-0.25, -0.2) is 0 Å². The summed E-state index contributed by atoms with van der Waals surface area (Å²) in [6.45, 7) is 15.7. The summed E-state index contributed by atoms with van der Waals surface area (Å²) < 4.78 is 18.5. The van der Waals surface area contributed by atoms with Crippen molar-refractivity contribution < 1.29 is 14.2 Å². The van der Waals surface area contributed by atoms with Gasteiger partial charge in [-0.2, -0.15) is 0 Å². The number of benzene rings is 3. The highest BCUT2D eigenvalue weighted by Crippen LogP contribution is 2.43. The lowest BCUT2D eigenvalue weighted by atomic mass is 10.1. The van der Waals surface area contributed by atoms with Crippen LogP contribution in [-0.2, 0) is 0 Å². The Balaban J connectivity index is 2.38. The highest BCUT2D eigenvalue weighted by molar-refractivity contribution is 7.17. The van der Waals surface area contributed by atoms with Crippen LogP contribution in [0.5, 0.6) is 17.2 Å². The van der Waals surface area contributed by atoms with E-state index in [-0.39, 0.29) is 5.92 Å². The summed E-state index contributed by atoms with van der Waals surface area (Å²) in [5.74, 6) is 2.98. The Hall–Kier alpha value is -3.24. The van der Waals surface area contributed by atoms with Crippen molar-refractivity contribution in [1.82, 2.24) is 0 Å². The monoisotopic (exact) mass is 512 g/mol. The smallest absolute Gasteiger partial charge is 0.189 e. The van der Waals surface area contributed by atoms with Gasteiger partial charge >= 0.3 is 0 Å². The number of hydrogen-bond donors (Lipinski definition) is 0. The molecule has 0 aromatic heterocycles. The van der Waals surface area contributed by atoms with Crippen LogP contribution in [0.4, 0.5) is 0 Å².